The average Bonchev–Trinajstić information content (AvgIpc) is 2.53. The molecule has 0 aromatic carbocycles. The first-order chi connectivity index (χ1) is 11.7. The maximum absolute atomic E-state index is 12.2. The summed E-state index contributed by atoms with van der Waals surface area (Å²) in [6.45, 7) is 8.30. The van der Waals surface area contributed by atoms with E-state index in [1.54, 1.807) is 20.8 Å². The van der Waals surface area contributed by atoms with Crippen LogP contribution in [0, 0.1) is 10.1 Å². The highest BCUT2D eigenvalue weighted by molar-refractivity contribution is 5.75. The summed E-state index contributed by atoms with van der Waals surface area (Å²) in [5, 5.41) is 10.6. The van der Waals surface area contributed by atoms with Gasteiger partial charge in [-0.2, -0.15) is 0 Å². The van der Waals surface area contributed by atoms with Gasteiger partial charge >= 0.3 is 11.9 Å². The number of hydrogen-bond donors (Lipinski definition) is 0. The number of aromatic nitrogens is 1. The summed E-state index contributed by atoms with van der Waals surface area (Å²) in [5.74, 6) is -0.295. The fourth-order valence-corrected chi connectivity index (χ4v) is 2.02. The summed E-state index contributed by atoms with van der Waals surface area (Å²) in [5.41, 5.74) is -0.184. The van der Waals surface area contributed by atoms with Gasteiger partial charge in [0.15, 0.2) is 6.20 Å². The van der Waals surface area contributed by atoms with Crippen molar-refractivity contribution in [2.75, 3.05) is 24.5 Å². The Morgan fingerprint density at radius 2 is 2.00 bits per heavy atom. The molecule has 9 heteroatoms. The number of nitrogens with zero attached hydrogens (tertiary/aromatic N) is 4. The van der Waals surface area contributed by atoms with E-state index in [4.69, 9.17) is 4.74 Å². The fourth-order valence-electron chi connectivity index (χ4n) is 2.02. The molecule has 0 aliphatic carbocycles. The van der Waals surface area contributed by atoms with E-state index >= 15 is 0 Å². The highest BCUT2D eigenvalue weighted by Gasteiger charge is 2.22. The van der Waals surface area contributed by atoms with E-state index < -0.39 is 16.6 Å². The zero-order valence-electron chi connectivity index (χ0n) is 15.0. The Balaban J connectivity index is 2.76. The van der Waals surface area contributed by atoms with Crippen molar-refractivity contribution in [1.29, 1.82) is 0 Å². The van der Waals surface area contributed by atoms with E-state index in [2.05, 4.69) is 4.98 Å². The molecule has 0 spiro atoms. The molecule has 1 heterocycles. The van der Waals surface area contributed by atoms with Crippen LogP contribution in [0.5, 0.6) is 0 Å². The molecule has 2 amide bonds. The molecular weight excluding hydrogens is 328 g/mol. The molecule has 0 aliphatic heterocycles. The smallest absolute Gasteiger partial charge is 0.410 e. The first kappa shape index (κ1) is 20.3. The van der Waals surface area contributed by atoms with Crippen LogP contribution in [0.1, 0.15) is 34.1 Å². The van der Waals surface area contributed by atoms with Gasteiger partial charge in [0.25, 0.3) is 0 Å². The maximum atomic E-state index is 12.2. The lowest BCUT2D eigenvalue weighted by molar-refractivity contribution is -0.389. The molecule has 0 radical (unpaired) electrons. The standard InChI is InChI=1S/C16H24N4O5/c1-5-8-18(15(22)25-16(2,3)4)9-10-19(12-21)13-6-7-14(17-11-13)20(23)24/h6-7,11-12H,5,8-10H2,1-4H3. The molecule has 25 heavy (non-hydrogen) atoms. The quantitative estimate of drug-likeness (QED) is 0.404. The summed E-state index contributed by atoms with van der Waals surface area (Å²) in [6.07, 6.45) is 2.16. The minimum atomic E-state index is -0.611. The summed E-state index contributed by atoms with van der Waals surface area (Å²) in [6, 6.07) is 2.67. The van der Waals surface area contributed by atoms with Gasteiger partial charge in [-0.05, 0) is 43.2 Å². The number of hydrogen-bond acceptors (Lipinski definition) is 6. The summed E-state index contributed by atoms with van der Waals surface area (Å²) >= 11 is 0. The van der Waals surface area contributed by atoms with Crippen molar-refractivity contribution in [2.45, 2.75) is 39.7 Å². The zero-order valence-corrected chi connectivity index (χ0v) is 15.0. The van der Waals surface area contributed by atoms with Gasteiger partial charge in [-0.1, -0.05) is 6.92 Å². The van der Waals surface area contributed by atoms with E-state index in [-0.39, 0.29) is 18.9 Å². The molecule has 0 saturated carbocycles. The molecule has 0 atom stereocenters. The molecule has 0 unspecified atom stereocenters. The van der Waals surface area contributed by atoms with Gasteiger partial charge in [0.2, 0.25) is 6.41 Å². The van der Waals surface area contributed by atoms with Crippen molar-refractivity contribution >= 4 is 24.0 Å². The molecule has 0 saturated heterocycles. The third-order valence-corrected chi connectivity index (χ3v) is 3.13. The van der Waals surface area contributed by atoms with E-state index in [1.165, 1.54) is 28.1 Å². The molecule has 0 fully saturated rings. The van der Waals surface area contributed by atoms with Crippen LogP contribution < -0.4 is 4.90 Å². The van der Waals surface area contributed by atoms with E-state index in [9.17, 15) is 19.7 Å². The second-order valence-electron chi connectivity index (χ2n) is 6.40. The van der Waals surface area contributed by atoms with Crippen LogP contribution in [0.4, 0.5) is 16.3 Å². The zero-order chi connectivity index (χ0) is 19.0. The number of pyridine rings is 1. The van der Waals surface area contributed by atoms with Gasteiger partial charge in [0, 0.05) is 25.7 Å². The number of rotatable bonds is 8. The Morgan fingerprint density at radius 3 is 2.44 bits per heavy atom. The second kappa shape index (κ2) is 8.95. The van der Waals surface area contributed by atoms with E-state index in [1.807, 2.05) is 6.92 Å². The molecule has 138 valence electrons. The molecule has 9 nitrogen and oxygen atoms in total. The van der Waals surface area contributed by atoms with Crippen molar-refractivity contribution in [1.82, 2.24) is 9.88 Å². The Labute approximate surface area is 146 Å². The average molecular weight is 352 g/mol. The number of carbonyl (C=O) groups is 2. The molecule has 0 aliphatic rings. The lowest BCUT2D eigenvalue weighted by atomic mass is 10.2. The Hall–Kier alpha value is -2.71. The number of amides is 2. The number of ether oxygens (including phenoxy) is 1. The van der Waals surface area contributed by atoms with Gasteiger partial charge in [0.1, 0.15) is 5.60 Å². The van der Waals surface area contributed by atoms with Gasteiger partial charge < -0.3 is 24.7 Å². The molecule has 1 aromatic heterocycles. The predicted octanol–water partition coefficient (Wildman–Crippen LogP) is 2.60. The van der Waals surface area contributed by atoms with Crippen LogP contribution in [-0.2, 0) is 9.53 Å². The Morgan fingerprint density at radius 1 is 1.32 bits per heavy atom. The molecule has 1 rings (SSSR count). The summed E-state index contributed by atoms with van der Waals surface area (Å²) in [7, 11) is 0. The monoisotopic (exact) mass is 352 g/mol. The van der Waals surface area contributed by atoms with Crippen molar-refractivity contribution in [3.63, 3.8) is 0 Å². The Kier molecular flexibility index (Phi) is 7.28. The van der Waals surface area contributed by atoms with Gasteiger partial charge in [-0.3, -0.25) is 4.79 Å². The van der Waals surface area contributed by atoms with E-state index in [0.29, 0.717) is 18.6 Å². The van der Waals surface area contributed by atoms with Crippen LogP contribution in [-0.4, -0.2) is 52.5 Å². The summed E-state index contributed by atoms with van der Waals surface area (Å²) in [4.78, 5) is 40.1. The third-order valence-electron chi connectivity index (χ3n) is 3.13. The van der Waals surface area contributed by atoms with Gasteiger partial charge in [-0.15, -0.1) is 0 Å². The van der Waals surface area contributed by atoms with Crippen LogP contribution >= 0.6 is 0 Å². The van der Waals surface area contributed by atoms with Crippen LogP contribution in [0.15, 0.2) is 18.3 Å². The number of carbonyl (C=O) groups excluding carboxylic acids is 2. The van der Waals surface area contributed by atoms with E-state index in [0.717, 1.165) is 6.42 Å². The van der Waals surface area contributed by atoms with Crippen molar-refractivity contribution < 1.29 is 19.2 Å². The van der Waals surface area contributed by atoms with Crippen molar-refractivity contribution in [2.24, 2.45) is 0 Å². The minimum absolute atomic E-state index is 0.224. The Bertz CT molecular complexity index is 598. The second-order valence-corrected chi connectivity index (χ2v) is 6.40. The van der Waals surface area contributed by atoms with Gasteiger partial charge in [0.05, 0.1) is 5.69 Å². The summed E-state index contributed by atoms with van der Waals surface area (Å²) < 4.78 is 5.36. The van der Waals surface area contributed by atoms with Crippen LogP contribution in [0.2, 0.25) is 0 Å². The third kappa shape index (κ3) is 6.74. The molecule has 0 N–H and O–H groups in total. The van der Waals surface area contributed by atoms with Gasteiger partial charge in [-0.25, -0.2) is 4.79 Å². The molecular formula is C16H24N4O5. The fraction of sp³-hybridized carbons (Fsp3) is 0.562. The maximum Gasteiger partial charge on any atom is 0.410 e. The molecule has 0 bridgehead atoms. The molecule has 1 aromatic rings. The van der Waals surface area contributed by atoms with Crippen LogP contribution in [0.25, 0.3) is 0 Å². The first-order valence-corrected chi connectivity index (χ1v) is 7.98. The first-order valence-electron chi connectivity index (χ1n) is 7.98. The largest absolute Gasteiger partial charge is 0.444 e. The van der Waals surface area contributed by atoms with Crippen LogP contribution in [0.3, 0.4) is 0 Å². The lowest BCUT2D eigenvalue weighted by Gasteiger charge is -2.28. The van der Waals surface area contributed by atoms with Crippen molar-refractivity contribution in [3.05, 3.63) is 28.4 Å². The highest BCUT2D eigenvalue weighted by Crippen LogP contribution is 2.16. The normalized spacial score (nSPS) is 10.9. The lowest BCUT2D eigenvalue weighted by Crippen LogP contribution is -2.41. The SMILES string of the molecule is CCCN(CCN(C=O)c1ccc([N+](=O)[O-])nc1)C(=O)OC(C)(C)C. The predicted molar refractivity (Wildman–Crippen MR) is 92.4 cm³/mol. The number of nitro groups is 1. The van der Waals surface area contributed by atoms with Crippen molar-refractivity contribution in [3.8, 4) is 0 Å². The minimum Gasteiger partial charge on any atom is -0.444 e. The highest BCUT2D eigenvalue weighted by atomic mass is 16.6. The topological polar surface area (TPSA) is 106 Å². The number of anilines is 1.